The van der Waals surface area contributed by atoms with Gasteiger partial charge in [0.25, 0.3) is 11.7 Å². The van der Waals surface area contributed by atoms with Crippen molar-refractivity contribution >= 4 is 23.3 Å². The normalized spacial score (nSPS) is 19.9. The van der Waals surface area contributed by atoms with Crippen molar-refractivity contribution in [2.75, 3.05) is 13.2 Å². The van der Waals surface area contributed by atoms with Gasteiger partial charge in [-0.25, -0.2) is 0 Å². The molecule has 3 N–H and O–H groups in total. The van der Waals surface area contributed by atoms with Crippen LogP contribution in [0.5, 0.6) is 0 Å². The van der Waals surface area contributed by atoms with Crippen molar-refractivity contribution < 1.29 is 14.3 Å². The number of ether oxygens (including phenoxy) is 1. The molecule has 0 aliphatic carbocycles. The zero-order valence-electron chi connectivity index (χ0n) is 10.7. The van der Waals surface area contributed by atoms with Crippen molar-refractivity contribution in [3.63, 3.8) is 0 Å². The van der Waals surface area contributed by atoms with Crippen molar-refractivity contribution in [3.8, 4) is 0 Å². The Hall–Kier alpha value is -1.07. The highest BCUT2D eigenvalue weighted by Gasteiger charge is 2.31. The van der Waals surface area contributed by atoms with E-state index in [1.165, 1.54) is 0 Å². The number of Topliss-reactive ketones (excluding diaryl/α,β-unsaturated/α-hetero) is 1. The summed E-state index contributed by atoms with van der Waals surface area (Å²) in [4.78, 5) is 23.6. The summed E-state index contributed by atoms with van der Waals surface area (Å²) >= 11 is 5.77. The third-order valence-corrected chi connectivity index (χ3v) is 3.54. The first-order valence-electron chi connectivity index (χ1n) is 5.98. The Balaban J connectivity index is 2.68. The molecule has 18 heavy (non-hydrogen) atoms. The summed E-state index contributed by atoms with van der Waals surface area (Å²) in [5.74, 6) is -1.47. The van der Waals surface area contributed by atoms with Crippen LogP contribution in [0.1, 0.15) is 33.1 Å². The largest absolute Gasteiger partial charge is 0.394 e. The molecule has 1 amide bonds. The first kappa shape index (κ1) is 15.0. The predicted octanol–water partition coefficient (Wildman–Crippen LogP) is 1.06. The summed E-state index contributed by atoms with van der Waals surface area (Å²) < 4.78 is 5.22. The van der Waals surface area contributed by atoms with E-state index < -0.39 is 17.2 Å². The van der Waals surface area contributed by atoms with E-state index in [4.69, 9.17) is 22.1 Å². The fourth-order valence-electron chi connectivity index (χ4n) is 1.71. The standard InChI is InChI=1S/C12H19ClN2O3/c1-3-8(13)9(14)10(16)11(17)15-12(2)4-6-18-7-5-12/h3-7,14H2,1-2H3,(H,15,17)/b9-8+. The van der Waals surface area contributed by atoms with E-state index in [9.17, 15) is 9.59 Å². The summed E-state index contributed by atoms with van der Waals surface area (Å²) in [6.45, 7) is 4.81. The third-order valence-electron chi connectivity index (χ3n) is 3.07. The summed E-state index contributed by atoms with van der Waals surface area (Å²) in [5.41, 5.74) is 4.95. The molecule has 0 aromatic rings. The van der Waals surface area contributed by atoms with Crippen molar-refractivity contribution in [2.45, 2.75) is 38.6 Å². The molecule has 0 aromatic carbocycles. The predicted molar refractivity (Wildman–Crippen MR) is 69.0 cm³/mol. The van der Waals surface area contributed by atoms with Crippen LogP contribution in [-0.2, 0) is 14.3 Å². The topological polar surface area (TPSA) is 81.4 Å². The molecule has 102 valence electrons. The Bertz CT molecular complexity index is 374. The molecule has 0 atom stereocenters. The highest BCUT2D eigenvalue weighted by atomic mass is 35.5. The summed E-state index contributed by atoms with van der Waals surface area (Å²) in [7, 11) is 0. The highest BCUT2D eigenvalue weighted by Crippen LogP contribution is 2.20. The second kappa shape index (κ2) is 6.20. The number of rotatable bonds is 4. The van der Waals surface area contributed by atoms with Crippen LogP contribution in [0, 0.1) is 0 Å². The number of nitrogens with one attached hydrogen (secondary N) is 1. The van der Waals surface area contributed by atoms with Gasteiger partial charge in [-0.3, -0.25) is 9.59 Å². The van der Waals surface area contributed by atoms with Gasteiger partial charge in [-0.15, -0.1) is 0 Å². The van der Waals surface area contributed by atoms with Crippen molar-refractivity contribution in [1.82, 2.24) is 5.32 Å². The Morgan fingerprint density at radius 1 is 1.39 bits per heavy atom. The summed E-state index contributed by atoms with van der Waals surface area (Å²) in [6.07, 6.45) is 1.78. The molecule has 6 heteroatoms. The summed E-state index contributed by atoms with van der Waals surface area (Å²) in [6, 6.07) is 0. The zero-order valence-corrected chi connectivity index (χ0v) is 11.5. The molecule has 0 saturated carbocycles. The number of hydrogen-bond acceptors (Lipinski definition) is 4. The van der Waals surface area contributed by atoms with Gasteiger partial charge in [0.05, 0.1) is 0 Å². The van der Waals surface area contributed by atoms with Gasteiger partial charge >= 0.3 is 0 Å². The van der Waals surface area contributed by atoms with Crippen LogP contribution in [0.25, 0.3) is 0 Å². The molecule has 1 aliphatic heterocycles. The lowest BCUT2D eigenvalue weighted by molar-refractivity contribution is -0.137. The average Bonchev–Trinajstić information content (AvgIpc) is 2.36. The molecule has 1 saturated heterocycles. The Morgan fingerprint density at radius 2 is 1.94 bits per heavy atom. The van der Waals surface area contributed by atoms with Crippen molar-refractivity contribution in [1.29, 1.82) is 0 Å². The Morgan fingerprint density at radius 3 is 2.44 bits per heavy atom. The molecule has 0 radical (unpaired) electrons. The minimum absolute atomic E-state index is 0.174. The van der Waals surface area contributed by atoms with Crippen molar-refractivity contribution in [3.05, 3.63) is 10.7 Å². The number of carbonyl (C=O) groups excluding carboxylic acids is 2. The molecule has 1 rings (SSSR count). The zero-order chi connectivity index (χ0) is 13.8. The van der Waals surface area contributed by atoms with E-state index in [0.717, 1.165) is 0 Å². The molecule has 1 fully saturated rings. The van der Waals surface area contributed by atoms with Crippen LogP contribution in [0.3, 0.4) is 0 Å². The van der Waals surface area contributed by atoms with Gasteiger partial charge in [0.1, 0.15) is 5.70 Å². The van der Waals surface area contributed by atoms with E-state index in [-0.39, 0.29) is 10.7 Å². The number of nitrogens with two attached hydrogens (primary N) is 1. The van der Waals surface area contributed by atoms with Gasteiger partial charge in [0.15, 0.2) is 0 Å². The first-order chi connectivity index (χ1) is 8.39. The van der Waals surface area contributed by atoms with Gasteiger partial charge in [-0.05, 0) is 26.2 Å². The Kier molecular flexibility index (Phi) is 5.16. The Labute approximate surface area is 112 Å². The molecule has 5 nitrogen and oxygen atoms in total. The third kappa shape index (κ3) is 3.71. The number of amides is 1. The van der Waals surface area contributed by atoms with E-state index in [1.807, 2.05) is 6.92 Å². The van der Waals surface area contributed by atoms with Crippen LogP contribution < -0.4 is 11.1 Å². The van der Waals surface area contributed by atoms with Crippen molar-refractivity contribution in [2.24, 2.45) is 5.73 Å². The smallest absolute Gasteiger partial charge is 0.294 e. The second-order valence-corrected chi connectivity index (χ2v) is 5.08. The van der Waals surface area contributed by atoms with Gasteiger partial charge in [-0.2, -0.15) is 0 Å². The SMILES string of the molecule is CC/C(Cl)=C(\N)C(=O)C(=O)NC1(C)CCOCC1. The van der Waals surface area contributed by atoms with E-state index in [0.29, 0.717) is 32.5 Å². The summed E-state index contributed by atoms with van der Waals surface area (Å²) in [5, 5.41) is 2.93. The lowest BCUT2D eigenvalue weighted by Gasteiger charge is -2.34. The molecule has 0 spiro atoms. The maximum absolute atomic E-state index is 11.8. The first-order valence-corrected chi connectivity index (χ1v) is 6.36. The molecular formula is C12H19ClN2O3. The maximum Gasteiger partial charge on any atom is 0.294 e. The molecule has 1 aliphatic rings. The second-order valence-electron chi connectivity index (χ2n) is 4.63. The fourth-order valence-corrected chi connectivity index (χ4v) is 1.80. The quantitative estimate of drug-likeness (QED) is 0.593. The minimum atomic E-state index is -0.769. The van der Waals surface area contributed by atoms with Gasteiger partial charge in [-0.1, -0.05) is 18.5 Å². The number of ketones is 1. The van der Waals surface area contributed by atoms with Gasteiger partial charge in [0.2, 0.25) is 0 Å². The van der Waals surface area contributed by atoms with Crippen LogP contribution in [0.2, 0.25) is 0 Å². The molecule has 1 heterocycles. The van der Waals surface area contributed by atoms with Crippen LogP contribution >= 0.6 is 11.6 Å². The number of hydrogen-bond donors (Lipinski definition) is 2. The van der Waals surface area contributed by atoms with Crippen LogP contribution in [0.15, 0.2) is 10.7 Å². The van der Waals surface area contributed by atoms with E-state index >= 15 is 0 Å². The molecular weight excluding hydrogens is 256 g/mol. The van der Waals surface area contributed by atoms with Crippen LogP contribution in [0.4, 0.5) is 0 Å². The molecule has 0 unspecified atom stereocenters. The fraction of sp³-hybridized carbons (Fsp3) is 0.667. The number of halogens is 1. The van der Waals surface area contributed by atoms with E-state index in [1.54, 1.807) is 6.92 Å². The number of carbonyl (C=O) groups is 2. The average molecular weight is 275 g/mol. The van der Waals surface area contributed by atoms with Gasteiger partial charge < -0.3 is 15.8 Å². The maximum atomic E-state index is 11.8. The monoisotopic (exact) mass is 274 g/mol. The molecule has 0 bridgehead atoms. The molecule has 0 aromatic heterocycles. The lowest BCUT2D eigenvalue weighted by atomic mass is 9.92. The minimum Gasteiger partial charge on any atom is -0.394 e. The number of allylic oxidation sites excluding steroid dienone is 1. The lowest BCUT2D eigenvalue weighted by Crippen LogP contribution is -2.52. The van der Waals surface area contributed by atoms with E-state index in [2.05, 4.69) is 5.32 Å². The highest BCUT2D eigenvalue weighted by molar-refractivity contribution is 6.45. The van der Waals surface area contributed by atoms with Crippen LogP contribution in [-0.4, -0.2) is 30.4 Å². The van der Waals surface area contributed by atoms with Gasteiger partial charge in [0, 0.05) is 23.8 Å².